The molecule has 3 aliphatic rings. The Bertz CT molecular complexity index is 1330. The van der Waals surface area contributed by atoms with Crippen LogP contribution in [-0.4, -0.2) is 50.0 Å². The van der Waals surface area contributed by atoms with Gasteiger partial charge in [-0.1, -0.05) is 44.2 Å². The van der Waals surface area contributed by atoms with Crippen molar-refractivity contribution in [3.8, 4) is 0 Å². The van der Waals surface area contributed by atoms with Crippen LogP contribution in [0.1, 0.15) is 92.8 Å². The topological polar surface area (TPSA) is 95.5 Å². The maximum Gasteiger partial charge on any atom is 0.410 e. The summed E-state index contributed by atoms with van der Waals surface area (Å²) >= 11 is 0. The van der Waals surface area contributed by atoms with Gasteiger partial charge in [0.1, 0.15) is 0 Å². The van der Waals surface area contributed by atoms with Crippen molar-refractivity contribution in [2.24, 2.45) is 5.41 Å². The van der Waals surface area contributed by atoms with Gasteiger partial charge in [0.2, 0.25) is 5.78 Å². The first kappa shape index (κ1) is 26.4. The van der Waals surface area contributed by atoms with Crippen molar-refractivity contribution in [2.75, 3.05) is 7.11 Å². The molecule has 1 unspecified atom stereocenters. The molecule has 2 N–H and O–H groups in total. The Morgan fingerprint density at radius 3 is 2.37 bits per heavy atom. The number of rotatable bonds is 5. The van der Waals surface area contributed by atoms with E-state index < -0.39 is 16.7 Å². The number of amides is 1. The third-order valence-corrected chi connectivity index (χ3v) is 8.76. The van der Waals surface area contributed by atoms with Crippen LogP contribution in [0.15, 0.2) is 42.6 Å². The summed E-state index contributed by atoms with van der Waals surface area (Å²) < 4.78 is 5.10. The number of methoxy groups -OCH3 is 1. The van der Waals surface area contributed by atoms with E-state index in [2.05, 4.69) is 36.0 Å². The van der Waals surface area contributed by atoms with Crippen LogP contribution in [-0.2, 0) is 16.8 Å². The molecule has 1 aliphatic carbocycles. The van der Waals surface area contributed by atoms with E-state index in [1.807, 2.05) is 45.1 Å². The Balaban J connectivity index is 1.53. The second-order valence-corrected chi connectivity index (χ2v) is 12.7. The lowest BCUT2D eigenvalue weighted by Gasteiger charge is -2.53. The SMILES string of the molecule is COC(=O)N1[C@@]2(C)C=C[C@]1(C)CC(O)(c1ccc(CC(=O)c3ncc(C)[nH]3)c(C3=CCC(C)(C)CC3)c1)C2. The van der Waals surface area contributed by atoms with Crippen LogP contribution >= 0.6 is 0 Å². The van der Waals surface area contributed by atoms with Crippen LogP contribution < -0.4 is 0 Å². The monoisotopic (exact) mass is 517 g/mol. The molecule has 0 saturated carbocycles. The highest BCUT2D eigenvalue weighted by Gasteiger charge is 2.59. The van der Waals surface area contributed by atoms with Crippen LogP contribution in [0, 0.1) is 12.3 Å². The van der Waals surface area contributed by atoms with Crippen LogP contribution in [0.5, 0.6) is 0 Å². The molecule has 1 saturated heterocycles. The highest BCUT2D eigenvalue weighted by molar-refractivity contribution is 5.95. The van der Waals surface area contributed by atoms with Crippen LogP contribution in [0.2, 0.25) is 0 Å². The number of carbonyl (C=O) groups excluding carboxylic acids is 2. The first-order valence-corrected chi connectivity index (χ1v) is 13.5. The van der Waals surface area contributed by atoms with E-state index in [1.165, 1.54) is 12.7 Å². The zero-order valence-corrected chi connectivity index (χ0v) is 23.4. The number of ketones is 1. The Hall–Kier alpha value is -3.19. The molecule has 0 radical (unpaired) electrons. The summed E-state index contributed by atoms with van der Waals surface area (Å²) in [6.45, 7) is 10.4. The second-order valence-electron chi connectivity index (χ2n) is 12.7. The number of hydrogen-bond donors (Lipinski definition) is 2. The van der Waals surface area contributed by atoms with Gasteiger partial charge in [0.05, 0.1) is 23.8 Å². The van der Waals surface area contributed by atoms with Crippen molar-refractivity contribution < 1.29 is 19.4 Å². The number of carbonyl (C=O) groups is 2. The number of aromatic nitrogens is 2. The number of nitrogens with zero attached hydrogens (tertiary/aromatic N) is 2. The lowest BCUT2D eigenvalue weighted by atomic mass is 9.70. The summed E-state index contributed by atoms with van der Waals surface area (Å²) in [5.74, 6) is 0.310. The number of benzene rings is 1. The number of Topliss-reactive ketones (excluding diaryl/α,β-unsaturated/α-hetero) is 1. The molecule has 0 spiro atoms. The van der Waals surface area contributed by atoms with Gasteiger partial charge in [-0.3, -0.25) is 9.69 Å². The summed E-state index contributed by atoms with van der Waals surface area (Å²) in [7, 11) is 1.39. The van der Waals surface area contributed by atoms with Crippen molar-refractivity contribution in [1.29, 1.82) is 0 Å². The summed E-state index contributed by atoms with van der Waals surface area (Å²) in [5, 5.41) is 12.2. The fraction of sp³-hybridized carbons (Fsp3) is 0.516. The molecular formula is C31H39N3O4. The van der Waals surface area contributed by atoms with E-state index >= 15 is 0 Å². The van der Waals surface area contributed by atoms with E-state index in [0.29, 0.717) is 18.7 Å². The molecule has 1 aromatic carbocycles. The fourth-order valence-corrected chi connectivity index (χ4v) is 6.78. The summed E-state index contributed by atoms with van der Waals surface area (Å²) in [5.41, 5.74) is 2.60. The van der Waals surface area contributed by atoms with Gasteiger partial charge in [-0.25, -0.2) is 9.78 Å². The first-order chi connectivity index (χ1) is 17.8. The highest BCUT2D eigenvalue weighted by atomic mass is 16.5. The summed E-state index contributed by atoms with van der Waals surface area (Å²) in [6.07, 6.45) is 11.5. The quantitative estimate of drug-likeness (QED) is 0.382. The number of fused-ring (bicyclic) bond motifs is 2. The number of imidazole rings is 1. The van der Waals surface area contributed by atoms with E-state index in [1.54, 1.807) is 11.1 Å². The zero-order valence-electron chi connectivity index (χ0n) is 23.4. The number of ether oxygens (including phenoxy) is 1. The Labute approximate surface area is 225 Å². The third kappa shape index (κ3) is 4.51. The largest absolute Gasteiger partial charge is 0.453 e. The van der Waals surface area contributed by atoms with Crippen LogP contribution in [0.25, 0.3) is 5.57 Å². The average Bonchev–Trinajstić information content (AvgIpc) is 3.36. The van der Waals surface area contributed by atoms with Gasteiger partial charge in [0, 0.05) is 31.2 Å². The van der Waals surface area contributed by atoms with Crippen LogP contribution in [0.3, 0.4) is 0 Å². The van der Waals surface area contributed by atoms with Crippen molar-refractivity contribution >= 4 is 17.4 Å². The molecule has 202 valence electrons. The number of nitrogens with one attached hydrogen (secondary N) is 1. The van der Waals surface area contributed by atoms with Crippen molar-refractivity contribution in [3.05, 3.63) is 70.8 Å². The van der Waals surface area contributed by atoms with Gasteiger partial charge in [0.15, 0.2) is 5.82 Å². The highest BCUT2D eigenvalue weighted by Crippen LogP contribution is 2.54. The number of piperidine rings is 1. The maximum atomic E-state index is 13.1. The minimum atomic E-state index is -1.15. The van der Waals surface area contributed by atoms with Gasteiger partial charge >= 0.3 is 6.09 Å². The molecule has 5 rings (SSSR count). The van der Waals surface area contributed by atoms with Crippen molar-refractivity contribution in [2.45, 2.75) is 89.8 Å². The maximum absolute atomic E-state index is 13.1. The van der Waals surface area contributed by atoms with E-state index in [9.17, 15) is 14.7 Å². The Kier molecular flexibility index (Phi) is 6.21. The number of H-pyrrole nitrogens is 1. The number of hydrogen-bond acceptors (Lipinski definition) is 5. The normalized spacial score (nSPS) is 29.8. The fourth-order valence-electron chi connectivity index (χ4n) is 6.78. The van der Waals surface area contributed by atoms with Crippen molar-refractivity contribution in [1.82, 2.24) is 14.9 Å². The molecule has 3 atom stereocenters. The molecule has 7 nitrogen and oxygen atoms in total. The number of aliphatic hydroxyl groups is 1. The standard InChI is InChI=1S/C31H39N3O4/c1-20-17-32-26(33-20)25(35)15-22-7-8-23(16-24(22)21-9-11-28(2,3)12-10-21)31(37)18-29(4)13-14-30(5,19-31)34(29)27(36)38-6/h7-9,13-14,16-17,37H,10-12,15,18-19H2,1-6H3,(H,32,33)/t29-,30+,31?. The minimum Gasteiger partial charge on any atom is -0.453 e. The van der Waals surface area contributed by atoms with Gasteiger partial charge in [-0.05, 0) is 73.8 Å². The number of allylic oxidation sites excluding steroid dienone is 2. The lowest BCUT2D eigenvalue weighted by molar-refractivity contribution is -0.0980. The Morgan fingerprint density at radius 1 is 1.13 bits per heavy atom. The van der Waals surface area contributed by atoms with Gasteiger partial charge < -0.3 is 14.8 Å². The molecular weight excluding hydrogens is 478 g/mol. The molecule has 2 bridgehead atoms. The van der Waals surface area contributed by atoms with Crippen LogP contribution in [0.4, 0.5) is 4.79 Å². The molecule has 2 aromatic rings. The molecule has 2 aliphatic heterocycles. The molecule has 7 heteroatoms. The summed E-state index contributed by atoms with van der Waals surface area (Å²) in [4.78, 5) is 34.8. The average molecular weight is 518 g/mol. The first-order valence-electron chi connectivity index (χ1n) is 13.5. The predicted molar refractivity (Wildman–Crippen MR) is 147 cm³/mol. The second kappa shape index (κ2) is 8.94. The Morgan fingerprint density at radius 2 is 1.82 bits per heavy atom. The molecule has 1 aromatic heterocycles. The number of aryl methyl sites for hydroxylation is 1. The minimum absolute atomic E-state index is 0.0591. The molecule has 1 fully saturated rings. The van der Waals surface area contributed by atoms with Gasteiger partial charge in [-0.15, -0.1) is 0 Å². The smallest absolute Gasteiger partial charge is 0.410 e. The van der Waals surface area contributed by atoms with E-state index in [0.717, 1.165) is 41.6 Å². The van der Waals surface area contributed by atoms with E-state index in [-0.39, 0.29) is 23.7 Å². The lowest BCUT2D eigenvalue weighted by Crippen LogP contribution is -2.63. The number of aromatic amines is 1. The predicted octanol–water partition coefficient (Wildman–Crippen LogP) is 5.87. The molecule has 1 amide bonds. The van der Waals surface area contributed by atoms with Gasteiger partial charge in [-0.2, -0.15) is 0 Å². The zero-order chi connectivity index (χ0) is 27.5. The molecule has 38 heavy (non-hydrogen) atoms. The molecule has 3 heterocycles. The van der Waals surface area contributed by atoms with E-state index in [4.69, 9.17) is 4.74 Å². The van der Waals surface area contributed by atoms with Crippen molar-refractivity contribution in [3.63, 3.8) is 0 Å². The van der Waals surface area contributed by atoms with Gasteiger partial charge in [0.25, 0.3) is 0 Å². The third-order valence-electron chi connectivity index (χ3n) is 8.76. The summed E-state index contributed by atoms with van der Waals surface area (Å²) in [6, 6.07) is 6.02.